The molecule has 0 bridgehead atoms. The van der Waals surface area contributed by atoms with Gasteiger partial charge in [-0.05, 0) is 36.8 Å². The highest BCUT2D eigenvalue weighted by molar-refractivity contribution is 5.86. The van der Waals surface area contributed by atoms with Crippen LogP contribution in [0.5, 0.6) is 5.75 Å². The number of carbonyl (C=O) groups is 1. The molecule has 1 saturated carbocycles. The SMILES string of the molecule is NCC1(C(=O)CC2CCOc3ccccc32)CCC1. The van der Waals surface area contributed by atoms with Crippen LogP contribution in [-0.2, 0) is 4.79 Å². The number of hydrogen-bond acceptors (Lipinski definition) is 3. The molecule has 3 rings (SSSR count). The number of ether oxygens (including phenoxy) is 1. The zero-order valence-corrected chi connectivity index (χ0v) is 11.2. The molecule has 0 amide bonds. The Morgan fingerprint density at radius 1 is 1.37 bits per heavy atom. The van der Waals surface area contributed by atoms with E-state index < -0.39 is 0 Å². The maximum absolute atomic E-state index is 12.5. The lowest BCUT2D eigenvalue weighted by atomic mass is 9.64. The number of para-hydroxylation sites is 1. The van der Waals surface area contributed by atoms with Gasteiger partial charge in [-0.1, -0.05) is 24.6 Å². The lowest BCUT2D eigenvalue weighted by Crippen LogP contribution is -2.45. The number of nitrogens with two attached hydrogens (primary N) is 1. The third kappa shape index (κ3) is 2.16. The summed E-state index contributed by atoms with van der Waals surface area (Å²) in [5, 5.41) is 0. The first-order valence-electron chi connectivity index (χ1n) is 7.20. The number of benzene rings is 1. The highest BCUT2D eigenvalue weighted by Gasteiger charge is 2.43. The summed E-state index contributed by atoms with van der Waals surface area (Å²) >= 11 is 0. The average molecular weight is 259 g/mol. The summed E-state index contributed by atoms with van der Waals surface area (Å²) in [6.45, 7) is 1.22. The van der Waals surface area contributed by atoms with Crippen molar-refractivity contribution >= 4 is 5.78 Å². The Bertz CT molecular complexity index is 474. The summed E-state index contributed by atoms with van der Waals surface area (Å²) in [6, 6.07) is 8.08. The van der Waals surface area contributed by atoms with E-state index in [9.17, 15) is 4.79 Å². The lowest BCUT2D eigenvalue weighted by Gasteiger charge is -2.40. The Hall–Kier alpha value is -1.35. The molecule has 102 valence electrons. The molecule has 1 heterocycles. The van der Waals surface area contributed by atoms with E-state index in [1.807, 2.05) is 18.2 Å². The van der Waals surface area contributed by atoms with Crippen LogP contribution in [0.4, 0.5) is 0 Å². The van der Waals surface area contributed by atoms with Crippen LogP contribution < -0.4 is 10.5 Å². The molecule has 3 heteroatoms. The fourth-order valence-electron chi connectivity index (χ4n) is 3.27. The maximum Gasteiger partial charge on any atom is 0.140 e. The van der Waals surface area contributed by atoms with Crippen molar-refractivity contribution in [2.45, 2.75) is 38.0 Å². The summed E-state index contributed by atoms with van der Waals surface area (Å²) in [7, 11) is 0. The highest BCUT2D eigenvalue weighted by Crippen LogP contribution is 2.44. The molecule has 1 aromatic carbocycles. The molecule has 0 aromatic heterocycles. The first kappa shape index (κ1) is 12.7. The number of Topliss-reactive ketones (excluding diaryl/α,β-unsaturated/α-hetero) is 1. The van der Waals surface area contributed by atoms with Gasteiger partial charge in [0, 0.05) is 18.4 Å². The van der Waals surface area contributed by atoms with Gasteiger partial charge < -0.3 is 10.5 Å². The summed E-state index contributed by atoms with van der Waals surface area (Å²) in [5.41, 5.74) is 6.81. The molecule has 19 heavy (non-hydrogen) atoms. The fourth-order valence-corrected chi connectivity index (χ4v) is 3.27. The molecule has 3 nitrogen and oxygen atoms in total. The maximum atomic E-state index is 12.5. The van der Waals surface area contributed by atoms with E-state index in [0.717, 1.165) is 31.4 Å². The molecule has 1 aliphatic heterocycles. The topological polar surface area (TPSA) is 52.3 Å². The van der Waals surface area contributed by atoms with Crippen molar-refractivity contribution in [2.24, 2.45) is 11.1 Å². The van der Waals surface area contributed by atoms with Gasteiger partial charge in [0.15, 0.2) is 0 Å². The first-order valence-corrected chi connectivity index (χ1v) is 7.20. The quantitative estimate of drug-likeness (QED) is 0.904. The Labute approximate surface area is 114 Å². The first-order chi connectivity index (χ1) is 9.25. The predicted octanol–water partition coefficient (Wildman–Crippen LogP) is 2.64. The number of fused-ring (bicyclic) bond motifs is 1. The van der Waals surface area contributed by atoms with Crippen molar-refractivity contribution in [3.63, 3.8) is 0 Å². The molecule has 0 saturated heterocycles. The smallest absolute Gasteiger partial charge is 0.140 e. The van der Waals surface area contributed by atoms with Crippen molar-refractivity contribution in [1.29, 1.82) is 0 Å². The van der Waals surface area contributed by atoms with Crippen LogP contribution in [0.25, 0.3) is 0 Å². The number of rotatable bonds is 4. The Balaban J connectivity index is 1.76. The van der Waals surface area contributed by atoms with Gasteiger partial charge in [-0.15, -0.1) is 0 Å². The van der Waals surface area contributed by atoms with Gasteiger partial charge >= 0.3 is 0 Å². The van der Waals surface area contributed by atoms with Crippen molar-refractivity contribution < 1.29 is 9.53 Å². The summed E-state index contributed by atoms with van der Waals surface area (Å²) in [6.07, 6.45) is 4.66. The average Bonchev–Trinajstić information content (AvgIpc) is 2.38. The third-order valence-corrected chi connectivity index (χ3v) is 4.81. The molecule has 2 N–H and O–H groups in total. The second kappa shape index (κ2) is 4.97. The van der Waals surface area contributed by atoms with Crippen LogP contribution in [0.15, 0.2) is 24.3 Å². The molecule has 2 aliphatic rings. The van der Waals surface area contributed by atoms with Crippen molar-refractivity contribution in [2.75, 3.05) is 13.2 Å². The molecule has 1 atom stereocenters. The molecule has 1 aromatic rings. The Morgan fingerprint density at radius 2 is 2.16 bits per heavy atom. The predicted molar refractivity (Wildman–Crippen MR) is 74.3 cm³/mol. The molecule has 1 unspecified atom stereocenters. The van der Waals surface area contributed by atoms with E-state index >= 15 is 0 Å². The summed E-state index contributed by atoms with van der Waals surface area (Å²) < 4.78 is 5.65. The summed E-state index contributed by atoms with van der Waals surface area (Å²) in [5.74, 6) is 1.62. The van der Waals surface area contributed by atoms with Gasteiger partial charge in [0.05, 0.1) is 6.61 Å². The normalized spacial score (nSPS) is 23.9. The lowest BCUT2D eigenvalue weighted by molar-refractivity contribution is -0.133. The number of ketones is 1. The van der Waals surface area contributed by atoms with Crippen LogP contribution >= 0.6 is 0 Å². The van der Waals surface area contributed by atoms with Gasteiger partial charge in [0.1, 0.15) is 11.5 Å². The van der Waals surface area contributed by atoms with E-state index in [4.69, 9.17) is 10.5 Å². The Morgan fingerprint density at radius 3 is 2.84 bits per heavy atom. The van der Waals surface area contributed by atoms with Crippen LogP contribution in [0, 0.1) is 5.41 Å². The fraction of sp³-hybridized carbons (Fsp3) is 0.562. The summed E-state index contributed by atoms with van der Waals surface area (Å²) in [4.78, 5) is 12.5. The molecule has 1 fully saturated rings. The van der Waals surface area contributed by atoms with Crippen LogP contribution in [0.2, 0.25) is 0 Å². The van der Waals surface area contributed by atoms with Gasteiger partial charge in [-0.2, -0.15) is 0 Å². The highest BCUT2D eigenvalue weighted by atomic mass is 16.5. The minimum Gasteiger partial charge on any atom is -0.493 e. The van der Waals surface area contributed by atoms with E-state index in [-0.39, 0.29) is 5.41 Å². The zero-order chi connectivity index (χ0) is 13.3. The molecule has 1 aliphatic carbocycles. The van der Waals surface area contributed by atoms with Crippen molar-refractivity contribution in [1.82, 2.24) is 0 Å². The monoisotopic (exact) mass is 259 g/mol. The Kier molecular flexibility index (Phi) is 3.31. The molecule has 0 spiro atoms. The molecular formula is C16H21NO2. The number of hydrogen-bond donors (Lipinski definition) is 1. The minimum absolute atomic E-state index is 0.201. The van der Waals surface area contributed by atoms with Crippen LogP contribution in [0.1, 0.15) is 43.6 Å². The second-order valence-electron chi connectivity index (χ2n) is 5.84. The van der Waals surface area contributed by atoms with E-state index in [1.54, 1.807) is 0 Å². The van der Waals surface area contributed by atoms with Crippen LogP contribution in [0.3, 0.4) is 0 Å². The second-order valence-corrected chi connectivity index (χ2v) is 5.84. The van der Waals surface area contributed by atoms with Crippen molar-refractivity contribution in [3.05, 3.63) is 29.8 Å². The van der Waals surface area contributed by atoms with Gasteiger partial charge in [0.2, 0.25) is 0 Å². The van der Waals surface area contributed by atoms with Crippen molar-refractivity contribution in [3.8, 4) is 5.75 Å². The van der Waals surface area contributed by atoms with Gasteiger partial charge in [0.25, 0.3) is 0 Å². The minimum atomic E-state index is -0.201. The van der Waals surface area contributed by atoms with Gasteiger partial charge in [-0.3, -0.25) is 4.79 Å². The standard InChI is InChI=1S/C16H21NO2/c17-11-16(7-3-8-16)15(18)10-12-6-9-19-14-5-2-1-4-13(12)14/h1-2,4-5,12H,3,6-11,17H2. The van der Waals surface area contributed by atoms with E-state index in [1.165, 1.54) is 5.56 Å². The zero-order valence-electron chi connectivity index (χ0n) is 11.2. The van der Waals surface area contributed by atoms with Crippen LogP contribution in [-0.4, -0.2) is 18.9 Å². The van der Waals surface area contributed by atoms with E-state index in [2.05, 4.69) is 6.07 Å². The molecular weight excluding hydrogens is 238 g/mol. The largest absolute Gasteiger partial charge is 0.493 e. The third-order valence-electron chi connectivity index (χ3n) is 4.81. The number of carbonyl (C=O) groups excluding carboxylic acids is 1. The van der Waals surface area contributed by atoms with E-state index in [0.29, 0.717) is 31.3 Å². The molecule has 0 radical (unpaired) electrons. The van der Waals surface area contributed by atoms with Gasteiger partial charge in [-0.25, -0.2) is 0 Å².